The summed E-state index contributed by atoms with van der Waals surface area (Å²) in [6, 6.07) is 3.36. The molecule has 0 radical (unpaired) electrons. The van der Waals surface area contributed by atoms with Crippen LogP contribution in [0.3, 0.4) is 0 Å². The predicted octanol–water partition coefficient (Wildman–Crippen LogP) is 2.36. The zero-order valence-corrected chi connectivity index (χ0v) is 11.5. The van der Waals surface area contributed by atoms with Crippen molar-refractivity contribution in [3.8, 4) is 0 Å². The first-order valence-corrected chi connectivity index (χ1v) is 6.93. The number of hydrogen-bond acceptors (Lipinski definition) is 2. The standard InChI is InChI=1S/C15H17F2NO3/c16-12-6-3-4-10(15(12)17)8-13(19)18-7-2-1-5-11(18)9-14(20)21/h3-4,6,11H,1-2,5,7-9H2,(H,20,21). The number of halogens is 2. The third kappa shape index (κ3) is 3.77. The number of carboxylic acid groups (broad SMARTS) is 1. The van der Waals surface area contributed by atoms with Crippen molar-refractivity contribution in [2.45, 2.75) is 38.1 Å². The van der Waals surface area contributed by atoms with E-state index in [1.54, 1.807) is 0 Å². The van der Waals surface area contributed by atoms with Crippen molar-refractivity contribution < 1.29 is 23.5 Å². The maximum absolute atomic E-state index is 13.6. The molecule has 4 nitrogen and oxygen atoms in total. The topological polar surface area (TPSA) is 57.6 Å². The molecule has 0 aromatic heterocycles. The van der Waals surface area contributed by atoms with Crippen molar-refractivity contribution in [1.29, 1.82) is 0 Å². The largest absolute Gasteiger partial charge is 0.481 e. The molecule has 1 atom stereocenters. The third-order valence-corrected chi connectivity index (χ3v) is 3.73. The molecule has 6 heteroatoms. The Bertz CT molecular complexity index is 548. The molecule has 0 spiro atoms. The molecule has 0 bridgehead atoms. The fourth-order valence-electron chi connectivity index (χ4n) is 2.69. The number of aliphatic carboxylic acids is 1. The summed E-state index contributed by atoms with van der Waals surface area (Å²) >= 11 is 0. The van der Waals surface area contributed by atoms with Crippen LogP contribution >= 0.6 is 0 Å². The molecule has 1 aliphatic rings. The van der Waals surface area contributed by atoms with Crippen molar-refractivity contribution >= 4 is 11.9 Å². The fourth-order valence-corrected chi connectivity index (χ4v) is 2.69. The van der Waals surface area contributed by atoms with E-state index in [9.17, 15) is 18.4 Å². The van der Waals surface area contributed by atoms with E-state index in [1.165, 1.54) is 17.0 Å². The van der Waals surface area contributed by atoms with Crippen LogP contribution in [0, 0.1) is 11.6 Å². The van der Waals surface area contributed by atoms with Gasteiger partial charge in [0, 0.05) is 18.2 Å². The molecule has 1 aliphatic heterocycles. The lowest BCUT2D eigenvalue weighted by molar-refractivity contribution is -0.141. The molecule has 1 N–H and O–H groups in total. The zero-order chi connectivity index (χ0) is 15.4. The number of amides is 1. The van der Waals surface area contributed by atoms with Crippen molar-refractivity contribution in [2.24, 2.45) is 0 Å². The Labute approximate surface area is 121 Å². The van der Waals surface area contributed by atoms with Crippen molar-refractivity contribution in [1.82, 2.24) is 4.90 Å². The molecular formula is C15H17F2NO3. The molecule has 1 aromatic carbocycles. The van der Waals surface area contributed by atoms with Gasteiger partial charge in [-0.05, 0) is 25.3 Å². The highest BCUT2D eigenvalue weighted by molar-refractivity contribution is 5.80. The minimum absolute atomic E-state index is 0.000325. The van der Waals surface area contributed by atoms with Gasteiger partial charge in [-0.25, -0.2) is 8.78 Å². The maximum Gasteiger partial charge on any atom is 0.305 e. The lowest BCUT2D eigenvalue weighted by Crippen LogP contribution is -2.45. The van der Waals surface area contributed by atoms with Crippen LogP contribution in [0.15, 0.2) is 18.2 Å². The van der Waals surface area contributed by atoms with Gasteiger partial charge in [-0.15, -0.1) is 0 Å². The third-order valence-electron chi connectivity index (χ3n) is 3.73. The van der Waals surface area contributed by atoms with E-state index in [0.29, 0.717) is 13.0 Å². The minimum Gasteiger partial charge on any atom is -0.481 e. The highest BCUT2D eigenvalue weighted by atomic mass is 19.2. The second-order valence-electron chi connectivity index (χ2n) is 5.22. The van der Waals surface area contributed by atoms with E-state index >= 15 is 0 Å². The average molecular weight is 297 g/mol. The van der Waals surface area contributed by atoms with Crippen LogP contribution in [0.2, 0.25) is 0 Å². The van der Waals surface area contributed by atoms with Gasteiger partial charge in [0.1, 0.15) is 0 Å². The van der Waals surface area contributed by atoms with Crippen molar-refractivity contribution in [3.05, 3.63) is 35.4 Å². The van der Waals surface area contributed by atoms with Gasteiger partial charge in [-0.2, -0.15) is 0 Å². The van der Waals surface area contributed by atoms with Gasteiger partial charge in [-0.3, -0.25) is 9.59 Å². The first-order valence-electron chi connectivity index (χ1n) is 6.93. The molecule has 1 fully saturated rings. The monoisotopic (exact) mass is 297 g/mol. The first kappa shape index (κ1) is 15.4. The number of likely N-dealkylation sites (tertiary alicyclic amines) is 1. The van der Waals surface area contributed by atoms with Crippen molar-refractivity contribution in [3.63, 3.8) is 0 Å². The van der Waals surface area contributed by atoms with Gasteiger partial charge in [0.2, 0.25) is 5.91 Å². The molecule has 2 rings (SSSR count). The highest BCUT2D eigenvalue weighted by Gasteiger charge is 2.28. The Balaban J connectivity index is 2.10. The number of nitrogens with zero attached hydrogens (tertiary/aromatic N) is 1. The smallest absolute Gasteiger partial charge is 0.305 e. The molecule has 1 saturated heterocycles. The number of carbonyl (C=O) groups excluding carboxylic acids is 1. The molecule has 1 unspecified atom stereocenters. The van der Waals surface area contributed by atoms with E-state index < -0.39 is 17.6 Å². The second kappa shape index (κ2) is 6.65. The van der Waals surface area contributed by atoms with Crippen LogP contribution < -0.4 is 0 Å². The number of carboxylic acids is 1. The summed E-state index contributed by atoms with van der Waals surface area (Å²) in [5, 5.41) is 8.89. The Kier molecular flexibility index (Phi) is 4.88. The summed E-state index contributed by atoms with van der Waals surface area (Å²) in [6.45, 7) is 0.466. The van der Waals surface area contributed by atoms with Gasteiger partial charge < -0.3 is 10.0 Å². The zero-order valence-electron chi connectivity index (χ0n) is 11.5. The van der Waals surface area contributed by atoms with Crippen LogP contribution in [-0.2, 0) is 16.0 Å². The summed E-state index contributed by atoms with van der Waals surface area (Å²) in [5.41, 5.74) is -0.000325. The summed E-state index contributed by atoms with van der Waals surface area (Å²) in [4.78, 5) is 24.6. The van der Waals surface area contributed by atoms with Crippen LogP contribution in [0.4, 0.5) is 8.78 Å². The van der Waals surface area contributed by atoms with Gasteiger partial charge in [0.25, 0.3) is 0 Å². The average Bonchev–Trinajstić information content (AvgIpc) is 2.44. The Morgan fingerprint density at radius 2 is 2.05 bits per heavy atom. The van der Waals surface area contributed by atoms with E-state index in [1.807, 2.05) is 0 Å². The van der Waals surface area contributed by atoms with E-state index in [0.717, 1.165) is 18.9 Å². The van der Waals surface area contributed by atoms with E-state index in [-0.39, 0.29) is 30.4 Å². The van der Waals surface area contributed by atoms with Crippen LogP contribution in [0.1, 0.15) is 31.2 Å². The summed E-state index contributed by atoms with van der Waals surface area (Å²) in [7, 11) is 0. The van der Waals surface area contributed by atoms with E-state index in [4.69, 9.17) is 5.11 Å². The van der Waals surface area contributed by atoms with Gasteiger partial charge in [-0.1, -0.05) is 12.1 Å². The number of hydrogen-bond donors (Lipinski definition) is 1. The van der Waals surface area contributed by atoms with Gasteiger partial charge >= 0.3 is 5.97 Å². The van der Waals surface area contributed by atoms with Crippen molar-refractivity contribution in [2.75, 3.05) is 6.54 Å². The number of carbonyl (C=O) groups is 2. The Morgan fingerprint density at radius 3 is 2.76 bits per heavy atom. The molecule has 114 valence electrons. The number of benzene rings is 1. The van der Waals surface area contributed by atoms with Crippen LogP contribution in [0.5, 0.6) is 0 Å². The lowest BCUT2D eigenvalue weighted by Gasteiger charge is -2.35. The summed E-state index contributed by atoms with van der Waals surface area (Å²) in [5.74, 6) is -3.32. The molecule has 1 aromatic rings. The maximum atomic E-state index is 13.6. The highest BCUT2D eigenvalue weighted by Crippen LogP contribution is 2.21. The molecular weight excluding hydrogens is 280 g/mol. The SMILES string of the molecule is O=C(O)CC1CCCCN1C(=O)Cc1cccc(F)c1F. The molecule has 21 heavy (non-hydrogen) atoms. The number of rotatable bonds is 4. The molecule has 0 saturated carbocycles. The van der Waals surface area contributed by atoms with Crippen LogP contribution in [-0.4, -0.2) is 34.5 Å². The second-order valence-corrected chi connectivity index (χ2v) is 5.22. The Morgan fingerprint density at radius 1 is 1.29 bits per heavy atom. The lowest BCUT2D eigenvalue weighted by atomic mass is 9.98. The Hall–Kier alpha value is -1.98. The summed E-state index contributed by atoms with van der Waals surface area (Å²) < 4.78 is 26.7. The predicted molar refractivity (Wildman–Crippen MR) is 71.7 cm³/mol. The quantitative estimate of drug-likeness (QED) is 0.928. The fraction of sp³-hybridized carbons (Fsp3) is 0.467. The number of piperidine rings is 1. The van der Waals surface area contributed by atoms with Gasteiger partial charge in [0.15, 0.2) is 11.6 Å². The molecule has 1 amide bonds. The first-order chi connectivity index (χ1) is 9.99. The van der Waals surface area contributed by atoms with Crippen LogP contribution in [0.25, 0.3) is 0 Å². The molecule has 1 heterocycles. The molecule has 0 aliphatic carbocycles. The normalized spacial score (nSPS) is 18.6. The summed E-state index contributed by atoms with van der Waals surface area (Å²) in [6.07, 6.45) is 1.93. The minimum atomic E-state index is -1.02. The van der Waals surface area contributed by atoms with Gasteiger partial charge in [0.05, 0.1) is 12.8 Å². The van der Waals surface area contributed by atoms with E-state index in [2.05, 4.69) is 0 Å².